The van der Waals surface area contributed by atoms with E-state index in [0.29, 0.717) is 29.6 Å². The van der Waals surface area contributed by atoms with Gasteiger partial charge in [-0.25, -0.2) is 0 Å². The van der Waals surface area contributed by atoms with Crippen LogP contribution in [-0.2, 0) is 4.79 Å². The van der Waals surface area contributed by atoms with Gasteiger partial charge in [-0.05, 0) is 61.5 Å². The number of benzene rings is 2. The van der Waals surface area contributed by atoms with Crippen LogP contribution in [0.3, 0.4) is 0 Å². The standard InChI is InChI=1S/C24H25ClN2O4S2/c1-3-5-8-13-31-19-12-11-16(14-20(19)30-4-2)15-21-23(29)27(24(32)33-21)26-22(28)17-9-6-7-10-18(17)25/h6-7,9-12,14-15H,3-5,8,13H2,1-2H3,(H,26,28)/b21-15-. The van der Waals surface area contributed by atoms with Gasteiger partial charge in [-0.15, -0.1) is 0 Å². The van der Waals surface area contributed by atoms with Crippen molar-refractivity contribution in [3.8, 4) is 11.5 Å². The van der Waals surface area contributed by atoms with E-state index in [1.807, 2.05) is 25.1 Å². The molecule has 1 heterocycles. The third-order valence-electron chi connectivity index (χ3n) is 4.70. The lowest BCUT2D eigenvalue weighted by molar-refractivity contribution is -0.123. The first-order chi connectivity index (χ1) is 15.9. The Morgan fingerprint density at radius 1 is 1.15 bits per heavy atom. The van der Waals surface area contributed by atoms with Crippen LogP contribution in [0.5, 0.6) is 11.5 Å². The molecule has 0 unspecified atom stereocenters. The van der Waals surface area contributed by atoms with Crippen molar-refractivity contribution < 1.29 is 19.1 Å². The van der Waals surface area contributed by atoms with Crippen molar-refractivity contribution in [3.63, 3.8) is 0 Å². The number of rotatable bonds is 10. The Balaban J connectivity index is 1.74. The van der Waals surface area contributed by atoms with E-state index in [1.165, 1.54) is 0 Å². The zero-order chi connectivity index (χ0) is 23.8. The maximum Gasteiger partial charge on any atom is 0.285 e. The third kappa shape index (κ3) is 6.50. The summed E-state index contributed by atoms with van der Waals surface area (Å²) in [6.45, 7) is 5.16. The zero-order valence-corrected chi connectivity index (χ0v) is 20.8. The molecule has 1 saturated heterocycles. The molecule has 0 aliphatic carbocycles. The molecule has 0 atom stereocenters. The molecule has 2 amide bonds. The second kappa shape index (κ2) is 12.1. The molecule has 6 nitrogen and oxygen atoms in total. The number of hydrazine groups is 1. The van der Waals surface area contributed by atoms with Gasteiger partial charge in [-0.2, -0.15) is 5.01 Å². The number of hydrogen-bond donors (Lipinski definition) is 1. The van der Waals surface area contributed by atoms with Crippen LogP contribution in [0.15, 0.2) is 47.4 Å². The van der Waals surface area contributed by atoms with Gasteiger partial charge in [0, 0.05) is 0 Å². The van der Waals surface area contributed by atoms with E-state index >= 15 is 0 Å². The summed E-state index contributed by atoms with van der Waals surface area (Å²) in [5, 5.41) is 1.35. The first-order valence-corrected chi connectivity index (χ1v) is 12.3. The summed E-state index contributed by atoms with van der Waals surface area (Å²) in [6.07, 6.45) is 4.92. The Kier molecular flexibility index (Phi) is 9.17. The van der Waals surface area contributed by atoms with Crippen molar-refractivity contribution in [1.82, 2.24) is 10.4 Å². The Labute approximate surface area is 208 Å². The predicted octanol–water partition coefficient (Wildman–Crippen LogP) is 5.85. The molecule has 0 aromatic heterocycles. The van der Waals surface area contributed by atoms with E-state index in [-0.39, 0.29) is 14.9 Å². The van der Waals surface area contributed by atoms with Crippen molar-refractivity contribution in [3.05, 3.63) is 63.5 Å². The molecule has 2 aromatic rings. The van der Waals surface area contributed by atoms with E-state index in [0.717, 1.165) is 41.6 Å². The lowest BCUT2D eigenvalue weighted by atomic mass is 10.2. The second-order valence-corrected chi connectivity index (χ2v) is 9.22. The summed E-state index contributed by atoms with van der Waals surface area (Å²) in [5.74, 6) is 0.361. The van der Waals surface area contributed by atoms with Crippen LogP contribution in [0.25, 0.3) is 6.08 Å². The average molecular weight is 505 g/mol. The number of hydrogen-bond acceptors (Lipinski definition) is 6. The van der Waals surface area contributed by atoms with Gasteiger partial charge in [0.15, 0.2) is 15.8 Å². The van der Waals surface area contributed by atoms with Gasteiger partial charge in [-0.3, -0.25) is 15.0 Å². The van der Waals surface area contributed by atoms with Crippen LogP contribution in [0, 0.1) is 0 Å². The number of nitrogens with one attached hydrogen (secondary N) is 1. The number of unbranched alkanes of at least 4 members (excludes halogenated alkanes) is 2. The number of halogens is 1. The van der Waals surface area contributed by atoms with Gasteiger partial charge in [0.2, 0.25) is 0 Å². The minimum atomic E-state index is -0.513. The summed E-state index contributed by atoms with van der Waals surface area (Å²) >= 11 is 12.5. The fourth-order valence-electron chi connectivity index (χ4n) is 3.06. The van der Waals surface area contributed by atoms with Crippen LogP contribution in [0.4, 0.5) is 0 Å². The molecule has 1 N–H and O–H groups in total. The molecule has 1 fully saturated rings. The molecule has 0 spiro atoms. The van der Waals surface area contributed by atoms with E-state index in [4.69, 9.17) is 33.3 Å². The Morgan fingerprint density at radius 2 is 1.94 bits per heavy atom. The largest absolute Gasteiger partial charge is 0.490 e. The van der Waals surface area contributed by atoms with Gasteiger partial charge in [-0.1, -0.05) is 61.3 Å². The minimum absolute atomic E-state index is 0.229. The van der Waals surface area contributed by atoms with Crippen molar-refractivity contribution in [2.75, 3.05) is 13.2 Å². The quantitative estimate of drug-likeness (QED) is 0.248. The maximum atomic E-state index is 12.9. The summed E-state index contributed by atoms with van der Waals surface area (Å²) < 4.78 is 11.8. The van der Waals surface area contributed by atoms with E-state index in [2.05, 4.69) is 12.3 Å². The monoisotopic (exact) mass is 504 g/mol. The van der Waals surface area contributed by atoms with Gasteiger partial charge >= 0.3 is 0 Å². The van der Waals surface area contributed by atoms with Gasteiger partial charge in [0.1, 0.15) is 0 Å². The SMILES string of the molecule is CCCCCOc1ccc(/C=C2\SC(=S)N(NC(=O)c3ccccc3Cl)C2=O)cc1OCC. The van der Waals surface area contributed by atoms with Crippen LogP contribution in [-0.4, -0.2) is 34.4 Å². The number of nitrogens with zero attached hydrogens (tertiary/aromatic N) is 1. The van der Waals surface area contributed by atoms with E-state index in [9.17, 15) is 9.59 Å². The highest BCUT2D eigenvalue weighted by atomic mass is 35.5. The number of amides is 2. The van der Waals surface area contributed by atoms with Gasteiger partial charge < -0.3 is 9.47 Å². The molecule has 3 rings (SSSR count). The molecule has 1 aliphatic heterocycles. The number of carbonyl (C=O) groups is 2. The van der Waals surface area contributed by atoms with Crippen LogP contribution >= 0.6 is 35.6 Å². The highest BCUT2D eigenvalue weighted by Crippen LogP contribution is 2.34. The number of carbonyl (C=O) groups excluding carboxylic acids is 2. The number of ether oxygens (including phenoxy) is 2. The molecule has 0 bridgehead atoms. The fraction of sp³-hybridized carbons (Fsp3) is 0.292. The van der Waals surface area contributed by atoms with Crippen molar-refractivity contribution in [2.45, 2.75) is 33.1 Å². The highest BCUT2D eigenvalue weighted by Gasteiger charge is 2.34. The van der Waals surface area contributed by atoms with Crippen LogP contribution in [0.2, 0.25) is 5.02 Å². The Morgan fingerprint density at radius 3 is 2.67 bits per heavy atom. The summed E-state index contributed by atoms with van der Waals surface area (Å²) in [6, 6.07) is 12.1. The first kappa shape index (κ1) is 25.1. The normalized spacial score (nSPS) is 14.6. The zero-order valence-electron chi connectivity index (χ0n) is 18.4. The summed E-state index contributed by atoms with van der Waals surface area (Å²) in [4.78, 5) is 25.8. The van der Waals surface area contributed by atoms with Gasteiger partial charge in [0.25, 0.3) is 11.8 Å². The molecule has 1 aliphatic rings. The second-order valence-electron chi connectivity index (χ2n) is 7.13. The smallest absolute Gasteiger partial charge is 0.285 e. The molecular weight excluding hydrogens is 480 g/mol. The molecule has 0 radical (unpaired) electrons. The van der Waals surface area contributed by atoms with Crippen molar-refractivity contribution in [2.24, 2.45) is 0 Å². The van der Waals surface area contributed by atoms with Crippen LogP contribution in [0.1, 0.15) is 49.0 Å². The topological polar surface area (TPSA) is 67.9 Å². The lowest BCUT2D eigenvalue weighted by Gasteiger charge is -2.16. The van der Waals surface area contributed by atoms with E-state index < -0.39 is 11.8 Å². The van der Waals surface area contributed by atoms with Crippen molar-refractivity contribution in [1.29, 1.82) is 0 Å². The summed E-state index contributed by atoms with van der Waals surface area (Å²) in [7, 11) is 0. The van der Waals surface area contributed by atoms with Crippen LogP contribution < -0.4 is 14.9 Å². The molecule has 0 saturated carbocycles. The first-order valence-electron chi connectivity index (χ1n) is 10.7. The lowest BCUT2D eigenvalue weighted by Crippen LogP contribution is -2.44. The Bertz CT molecular complexity index is 1070. The van der Waals surface area contributed by atoms with Crippen molar-refractivity contribution >= 4 is 57.8 Å². The Hall–Kier alpha value is -2.55. The molecule has 174 valence electrons. The molecular formula is C24H25ClN2O4S2. The molecule has 2 aromatic carbocycles. The van der Waals surface area contributed by atoms with E-state index in [1.54, 1.807) is 30.3 Å². The number of thiocarbonyl (C=S) groups is 1. The third-order valence-corrected chi connectivity index (χ3v) is 6.33. The summed E-state index contributed by atoms with van der Waals surface area (Å²) in [5.41, 5.74) is 3.56. The molecule has 9 heteroatoms. The maximum absolute atomic E-state index is 12.9. The predicted molar refractivity (Wildman–Crippen MR) is 137 cm³/mol. The average Bonchev–Trinajstić information content (AvgIpc) is 3.05. The minimum Gasteiger partial charge on any atom is -0.490 e. The number of thioether (sulfide) groups is 1. The highest BCUT2D eigenvalue weighted by molar-refractivity contribution is 8.26. The van der Waals surface area contributed by atoms with Gasteiger partial charge in [0.05, 0.1) is 28.7 Å². The molecule has 33 heavy (non-hydrogen) atoms. The fourth-order valence-corrected chi connectivity index (χ4v) is 4.46.